The Hall–Kier alpha value is -1.24. The molecule has 1 fully saturated rings. The normalized spacial score (nSPS) is 16.6. The van der Waals surface area contributed by atoms with E-state index in [2.05, 4.69) is 0 Å². The number of hydrogen-bond acceptors (Lipinski definition) is 4. The van der Waals surface area contributed by atoms with Crippen molar-refractivity contribution in [1.29, 1.82) is 0 Å². The number of benzene rings is 1. The van der Waals surface area contributed by atoms with E-state index < -0.39 is 10.0 Å². The van der Waals surface area contributed by atoms with Crippen molar-refractivity contribution in [1.82, 2.24) is 4.98 Å². The molecule has 1 heterocycles. The molecule has 2 aromatic rings. The van der Waals surface area contributed by atoms with E-state index in [0.717, 1.165) is 11.3 Å². The molecule has 1 aromatic carbocycles. The Balaban J connectivity index is 1.86. The van der Waals surface area contributed by atoms with E-state index in [9.17, 15) is 8.42 Å². The van der Waals surface area contributed by atoms with E-state index >= 15 is 0 Å². The molecule has 4 nitrogen and oxygen atoms in total. The quantitative estimate of drug-likeness (QED) is 0.946. The Morgan fingerprint density at radius 3 is 2.40 bits per heavy atom. The molecule has 1 aromatic heterocycles. The predicted octanol–water partition coefficient (Wildman–Crippen LogP) is 3.12. The number of aromatic nitrogens is 1. The van der Waals surface area contributed by atoms with E-state index in [1.807, 2.05) is 5.38 Å². The second kappa shape index (κ2) is 5.27. The molecule has 0 bridgehead atoms. The Morgan fingerprint density at radius 2 is 1.80 bits per heavy atom. The van der Waals surface area contributed by atoms with E-state index in [0.29, 0.717) is 5.92 Å². The van der Waals surface area contributed by atoms with Gasteiger partial charge in [-0.15, -0.1) is 11.3 Å². The first-order chi connectivity index (χ1) is 9.54. The second-order valence-electron chi connectivity index (χ2n) is 5.12. The highest BCUT2D eigenvalue weighted by atomic mass is 32.2. The molecule has 1 aliphatic carbocycles. The molecule has 1 aliphatic rings. The van der Waals surface area contributed by atoms with Crippen molar-refractivity contribution in [2.45, 2.75) is 36.5 Å². The Bertz CT molecular complexity index is 699. The van der Waals surface area contributed by atoms with Gasteiger partial charge in [0.15, 0.2) is 0 Å². The molecule has 106 valence electrons. The zero-order valence-corrected chi connectivity index (χ0v) is 12.6. The van der Waals surface area contributed by atoms with Crippen molar-refractivity contribution in [2.75, 3.05) is 0 Å². The minimum absolute atomic E-state index is 0.132. The van der Waals surface area contributed by atoms with Crippen LogP contribution in [0.15, 0.2) is 34.5 Å². The van der Waals surface area contributed by atoms with Gasteiger partial charge in [0.2, 0.25) is 10.0 Å². The first kappa shape index (κ1) is 13.7. The molecule has 0 radical (unpaired) electrons. The summed E-state index contributed by atoms with van der Waals surface area (Å²) in [5.41, 5.74) is 1.84. The van der Waals surface area contributed by atoms with E-state index in [4.69, 9.17) is 10.1 Å². The van der Waals surface area contributed by atoms with Gasteiger partial charge in [-0.05, 0) is 25.0 Å². The van der Waals surface area contributed by atoms with Gasteiger partial charge in [-0.25, -0.2) is 18.5 Å². The van der Waals surface area contributed by atoms with Crippen molar-refractivity contribution in [3.05, 3.63) is 34.7 Å². The number of hydrogen-bond donors (Lipinski definition) is 1. The molecule has 0 aliphatic heterocycles. The lowest BCUT2D eigenvalue weighted by Gasteiger charge is -2.03. The van der Waals surface area contributed by atoms with Crippen LogP contribution in [0, 0.1) is 0 Å². The molecule has 0 saturated heterocycles. The highest BCUT2D eigenvalue weighted by Gasteiger charge is 2.20. The van der Waals surface area contributed by atoms with Gasteiger partial charge in [-0.2, -0.15) is 0 Å². The molecule has 0 unspecified atom stereocenters. The van der Waals surface area contributed by atoms with Crippen LogP contribution in [-0.4, -0.2) is 13.4 Å². The molecule has 3 rings (SSSR count). The van der Waals surface area contributed by atoms with Crippen LogP contribution in [0.25, 0.3) is 11.3 Å². The zero-order valence-electron chi connectivity index (χ0n) is 11.0. The van der Waals surface area contributed by atoms with Gasteiger partial charge in [-0.1, -0.05) is 25.0 Å². The third-order valence-electron chi connectivity index (χ3n) is 3.70. The smallest absolute Gasteiger partial charge is 0.238 e. The van der Waals surface area contributed by atoms with Gasteiger partial charge < -0.3 is 0 Å². The summed E-state index contributed by atoms with van der Waals surface area (Å²) in [6.07, 6.45) is 5.06. The van der Waals surface area contributed by atoms with Gasteiger partial charge in [0.25, 0.3) is 0 Å². The summed E-state index contributed by atoms with van der Waals surface area (Å²) in [5.74, 6) is 0.609. The standard InChI is InChI=1S/C14H16N2O2S2/c15-20(17,18)12-7-5-10(6-8-12)13-9-19-14(16-13)11-3-1-2-4-11/h5-9,11H,1-4H2,(H2,15,17,18). The topological polar surface area (TPSA) is 73.1 Å². The number of nitrogens with two attached hydrogens (primary N) is 1. The highest BCUT2D eigenvalue weighted by molar-refractivity contribution is 7.89. The minimum Gasteiger partial charge on any atom is -0.241 e. The van der Waals surface area contributed by atoms with Crippen LogP contribution in [0.3, 0.4) is 0 Å². The van der Waals surface area contributed by atoms with Crippen LogP contribution in [0.1, 0.15) is 36.6 Å². The molecule has 0 spiro atoms. The largest absolute Gasteiger partial charge is 0.241 e. The summed E-state index contributed by atoms with van der Waals surface area (Å²) in [6, 6.07) is 6.57. The molecule has 1 saturated carbocycles. The van der Waals surface area contributed by atoms with Gasteiger partial charge >= 0.3 is 0 Å². The lowest BCUT2D eigenvalue weighted by atomic mass is 10.1. The summed E-state index contributed by atoms with van der Waals surface area (Å²) < 4.78 is 22.4. The monoisotopic (exact) mass is 308 g/mol. The number of thiazole rings is 1. The van der Waals surface area contributed by atoms with E-state index in [1.54, 1.807) is 23.5 Å². The highest BCUT2D eigenvalue weighted by Crippen LogP contribution is 2.37. The lowest BCUT2D eigenvalue weighted by Crippen LogP contribution is -2.11. The summed E-state index contributed by atoms with van der Waals surface area (Å²) in [5, 5.41) is 8.33. The molecule has 6 heteroatoms. The summed E-state index contributed by atoms with van der Waals surface area (Å²) >= 11 is 1.70. The average Bonchev–Trinajstić information content (AvgIpc) is 3.09. The first-order valence-corrected chi connectivity index (χ1v) is 9.05. The fourth-order valence-electron chi connectivity index (χ4n) is 2.60. The number of primary sulfonamides is 1. The van der Waals surface area contributed by atoms with Crippen molar-refractivity contribution < 1.29 is 8.42 Å². The van der Waals surface area contributed by atoms with Crippen LogP contribution in [0.4, 0.5) is 0 Å². The fraction of sp³-hybridized carbons (Fsp3) is 0.357. The van der Waals surface area contributed by atoms with Gasteiger partial charge in [0, 0.05) is 16.9 Å². The molecular formula is C14H16N2O2S2. The number of rotatable bonds is 3. The van der Waals surface area contributed by atoms with Gasteiger partial charge in [0.05, 0.1) is 15.6 Å². The lowest BCUT2D eigenvalue weighted by molar-refractivity contribution is 0.598. The third-order valence-corrected chi connectivity index (χ3v) is 5.64. The Kier molecular flexibility index (Phi) is 3.62. The maximum Gasteiger partial charge on any atom is 0.238 e. The SMILES string of the molecule is NS(=O)(=O)c1ccc(-c2csc(C3CCCC3)n2)cc1. The number of sulfonamides is 1. The second-order valence-corrected chi connectivity index (χ2v) is 7.57. The van der Waals surface area contributed by atoms with E-state index in [1.165, 1.54) is 42.8 Å². The van der Waals surface area contributed by atoms with Gasteiger partial charge in [-0.3, -0.25) is 0 Å². The predicted molar refractivity (Wildman–Crippen MR) is 80.1 cm³/mol. The van der Waals surface area contributed by atoms with Crippen LogP contribution in [0.5, 0.6) is 0 Å². The minimum atomic E-state index is -3.63. The summed E-state index contributed by atoms with van der Waals surface area (Å²) in [4.78, 5) is 4.82. The van der Waals surface area contributed by atoms with Crippen LogP contribution in [0.2, 0.25) is 0 Å². The van der Waals surface area contributed by atoms with Crippen molar-refractivity contribution in [3.8, 4) is 11.3 Å². The molecule has 0 atom stereocenters. The number of nitrogens with zero attached hydrogens (tertiary/aromatic N) is 1. The average molecular weight is 308 g/mol. The van der Waals surface area contributed by atoms with Gasteiger partial charge in [0.1, 0.15) is 0 Å². The molecule has 20 heavy (non-hydrogen) atoms. The maximum absolute atomic E-state index is 11.2. The first-order valence-electron chi connectivity index (χ1n) is 6.63. The fourth-order valence-corrected chi connectivity index (χ4v) is 4.11. The molecular weight excluding hydrogens is 292 g/mol. The Labute approximate surface area is 122 Å². The van der Waals surface area contributed by atoms with Crippen molar-refractivity contribution in [3.63, 3.8) is 0 Å². The maximum atomic E-state index is 11.2. The third kappa shape index (κ3) is 2.77. The Morgan fingerprint density at radius 1 is 1.15 bits per heavy atom. The van der Waals surface area contributed by atoms with Crippen LogP contribution in [-0.2, 0) is 10.0 Å². The van der Waals surface area contributed by atoms with Crippen LogP contribution < -0.4 is 5.14 Å². The zero-order chi connectivity index (χ0) is 14.2. The van der Waals surface area contributed by atoms with Crippen LogP contribution >= 0.6 is 11.3 Å². The van der Waals surface area contributed by atoms with Crippen molar-refractivity contribution >= 4 is 21.4 Å². The summed E-state index contributed by atoms with van der Waals surface area (Å²) in [7, 11) is -3.63. The molecule has 0 amide bonds. The van der Waals surface area contributed by atoms with Crippen molar-refractivity contribution in [2.24, 2.45) is 5.14 Å². The summed E-state index contributed by atoms with van der Waals surface area (Å²) in [6.45, 7) is 0. The van der Waals surface area contributed by atoms with E-state index in [-0.39, 0.29) is 4.90 Å². The molecule has 2 N–H and O–H groups in total.